The number of benzene rings is 3. The second-order valence-electron chi connectivity index (χ2n) is 8.02. The zero-order chi connectivity index (χ0) is 24.1. The maximum absolute atomic E-state index is 13.5. The van der Waals surface area contributed by atoms with Gasteiger partial charge in [-0.2, -0.15) is 0 Å². The van der Waals surface area contributed by atoms with Gasteiger partial charge in [-0.3, -0.25) is 9.69 Å². The van der Waals surface area contributed by atoms with Gasteiger partial charge in [0.25, 0.3) is 5.91 Å². The molecule has 0 radical (unpaired) electrons. The number of hydrogen-bond acceptors (Lipinski definition) is 4. The molecule has 0 saturated heterocycles. The minimum atomic E-state index is -0.540. The first-order valence-corrected chi connectivity index (χ1v) is 11.2. The van der Waals surface area contributed by atoms with E-state index in [9.17, 15) is 9.59 Å². The topological polar surface area (TPSA) is 55.8 Å². The van der Waals surface area contributed by atoms with Crippen molar-refractivity contribution in [2.75, 3.05) is 12.0 Å². The first-order valence-electron chi connectivity index (χ1n) is 11.2. The van der Waals surface area contributed by atoms with Gasteiger partial charge in [0.2, 0.25) is 0 Å². The SMILES string of the molecule is CCc1ccc(N2C(=O)/C(=C\c3cccc(OCc4ccccc4)c3)C(C(=O)OC)=C2C)cc1. The molecule has 0 aliphatic carbocycles. The average Bonchev–Trinajstić information content (AvgIpc) is 3.12. The smallest absolute Gasteiger partial charge is 0.340 e. The predicted octanol–water partition coefficient (Wildman–Crippen LogP) is 5.71. The van der Waals surface area contributed by atoms with E-state index in [2.05, 4.69) is 6.92 Å². The molecule has 0 unspecified atom stereocenters. The Morgan fingerprint density at radius 1 is 0.941 bits per heavy atom. The zero-order valence-corrected chi connectivity index (χ0v) is 19.6. The normalized spacial score (nSPS) is 14.6. The highest BCUT2D eigenvalue weighted by atomic mass is 16.5. The molecule has 1 aliphatic heterocycles. The largest absolute Gasteiger partial charge is 0.489 e. The summed E-state index contributed by atoms with van der Waals surface area (Å²) in [4.78, 5) is 27.7. The summed E-state index contributed by atoms with van der Waals surface area (Å²) < 4.78 is 10.9. The lowest BCUT2D eigenvalue weighted by atomic mass is 10.0. The minimum Gasteiger partial charge on any atom is -0.489 e. The fraction of sp³-hybridized carbons (Fsp3) is 0.172. The number of anilines is 1. The first-order chi connectivity index (χ1) is 16.5. The Hall–Kier alpha value is -4.12. The van der Waals surface area contributed by atoms with Crippen molar-refractivity contribution in [2.45, 2.75) is 26.9 Å². The third-order valence-corrected chi connectivity index (χ3v) is 5.81. The van der Waals surface area contributed by atoms with Crippen LogP contribution >= 0.6 is 0 Å². The maximum atomic E-state index is 13.5. The van der Waals surface area contributed by atoms with E-state index >= 15 is 0 Å². The van der Waals surface area contributed by atoms with Gasteiger partial charge >= 0.3 is 5.97 Å². The van der Waals surface area contributed by atoms with Gasteiger partial charge in [0.05, 0.1) is 18.3 Å². The molecule has 0 N–H and O–H groups in total. The summed E-state index contributed by atoms with van der Waals surface area (Å²) in [5.41, 5.74) is 4.81. The molecular weight excluding hydrogens is 426 g/mol. The van der Waals surface area contributed by atoms with E-state index in [1.54, 1.807) is 17.9 Å². The maximum Gasteiger partial charge on any atom is 0.340 e. The standard InChI is InChI=1S/C29H27NO4/c1-4-21-13-15-24(16-14-21)30-20(2)27(29(32)33-3)26(28(30)31)18-23-11-8-12-25(17-23)34-19-22-9-6-5-7-10-22/h5-18H,4,19H2,1-3H3/b26-18-. The number of aryl methyl sites for hydroxylation is 1. The van der Waals surface area contributed by atoms with Crippen LogP contribution in [-0.2, 0) is 27.4 Å². The van der Waals surface area contributed by atoms with Crippen molar-refractivity contribution in [1.29, 1.82) is 0 Å². The molecule has 3 aromatic rings. The molecule has 1 heterocycles. The second-order valence-corrected chi connectivity index (χ2v) is 8.02. The predicted molar refractivity (Wildman–Crippen MR) is 133 cm³/mol. The van der Waals surface area contributed by atoms with Crippen LogP contribution < -0.4 is 9.64 Å². The molecule has 0 aromatic heterocycles. The fourth-order valence-electron chi connectivity index (χ4n) is 3.97. The highest BCUT2D eigenvalue weighted by Crippen LogP contribution is 2.35. The van der Waals surface area contributed by atoms with Gasteiger partial charge < -0.3 is 9.47 Å². The molecule has 0 saturated carbocycles. The quantitative estimate of drug-likeness (QED) is 0.340. The molecule has 4 rings (SSSR count). The average molecular weight is 454 g/mol. The highest BCUT2D eigenvalue weighted by Gasteiger charge is 2.37. The Morgan fingerprint density at radius 2 is 1.68 bits per heavy atom. The molecule has 0 fully saturated rings. The molecular formula is C29H27NO4. The number of amides is 1. The molecule has 5 heteroatoms. The molecule has 172 valence electrons. The number of carbonyl (C=O) groups is 2. The molecule has 0 bridgehead atoms. The first kappa shape index (κ1) is 23.1. The van der Waals surface area contributed by atoms with Crippen molar-refractivity contribution in [3.63, 3.8) is 0 Å². The van der Waals surface area contributed by atoms with Crippen molar-refractivity contribution in [2.24, 2.45) is 0 Å². The molecule has 0 atom stereocenters. The van der Waals surface area contributed by atoms with Crippen molar-refractivity contribution < 1.29 is 19.1 Å². The molecule has 5 nitrogen and oxygen atoms in total. The van der Waals surface area contributed by atoms with E-state index in [0.717, 1.165) is 17.5 Å². The van der Waals surface area contributed by atoms with Gasteiger partial charge in [-0.1, -0.05) is 61.5 Å². The second kappa shape index (κ2) is 10.2. The van der Waals surface area contributed by atoms with E-state index in [-0.39, 0.29) is 11.5 Å². The van der Waals surface area contributed by atoms with Crippen molar-refractivity contribution >= 4 is 23.6 Å². The zero-order valence-electron chi connectivity index (χ0n) is 19.6. The fourth-order valence-corrected chi connectivity index (χ4v) is 3.97. The van der Waals surface area contributed by atoms with Crippen LogP contribution in [0.15, 0.2) is 95.7 Å². The summed E-state index contributed by atoms with van der Waals surface area (Å²) in [6, 6.07) is 25.1. The third kappa shape index (κ3) is 4.79. The van der Waals surface area contributed by atoms with Gasteiger partial charge in [0.15, 0.2) is 0 Å². The van der Waals surface area contributed by atoms with Crippen molar-refractivity contribution in [3.8, 4) is 5.75 Å². The van der Waals surface area contributed by atoms with Crippen molar-refractivity contribution in [1.82, 2.24) is 0 Å². The Bertz CT molecular complexity index is 1260. The summed E-state index contributed by atoms with van der Waals surface area (Å²) in [5.74, 6) is -0.130. The van der Waals surface area contributed by atoms with Crippen LogP contribution in [0.25, 0.3) is 6.08 Å². The number of carbonyl (C=O) groups excluding carboxylic acids is 2. The Balaban J connectivity index is 1.66. The van der Waals surface area contributed by atoms with Crippen LogP contribution in [0.2, 0.25) is 0 Å². The molecule has 34 heavy (non-hydrogen) atoms. The Labute approximate surface area is 199 Å². The number of hydrogen-bond donors (Lipinski definition) is 0. The lowest BCUT2D eigenvalue weighted by Gasteiger charge is -2.18. The van der Waals surface area contributed by atoms with Crippen LogP contribution in [0, 0.1) is 0 Å². The van der Waals surface area contributed by atoms with E-state index in [1.807, 2.05) is 78.9 Å². The van der Waals surface area contributed by atoms with E-state index in [0.29, 0.717) is 29.3 Å². The lowest BCUT2D eigenvalue weighted by molar-refractivity contribution is -0.136. The summed E-state index contributed by atoms with van der Waals surface area (Å²) in [6.45, 7) is 4.28. The summed E-state index contributed by atoms with van der Waals surface area (Å²) in [5, 5.41) is 0. The van der Waals surface area contributed by atoms with E-state index < -0.39 is 5.97 Å². The number of allylic oxidation sites excluding steroid dienone is 1. The minimum absolute atomic E-state index is 0.266. The number of nitrogens with zero attached hydrogens (tertiary/aromatic N) is 1. The molecule has 0 spiro atoms. The van der Waals surface area contributed by atoms with Crippen molar-refractivity contribution in [3.05, 3.63) is 112 Å². The monoisotopic (exact) mass is 453 g/mol. The third-order valence-electron chi connectivity index (χ3n) is 5.81. The van der Waals surface area contributed by atoms with Gasteiger partial charge in [0, 0.05) is 11.4 Å². The number of rotatable bonds is 7. The van der Waals surface area contributed by atoms with Crippen LogP contribution in [0.4, 0.5) is 5.69 Å². The molecule has 3 aromatic carbocycles. The van der Waals surface area contributed by atoms with Gasteiger partial charge in [-0.15, -0.1) is 0 Å². The number of methoxy groups -OCH3 is 1. The van der Waals surface area contributed by atoms with Gasteiger partial charge in [-0.05, 0) is 60.4 Å². The highest BCUT2D eigenvalue weighted by molar-refractivity contribution is 6.23. The van der Waals surface area contributed by atoms with E-state index in [4.69, 9.17) is 9.47 Å². The summed E-state index contributed by atoms with van der Waals surface area (Å²) >= 11 is 0. The number of esters is 1. The molecule has 1 aliphatic rings. The van der Waals surface area contributed by atoms with Crippen LogP contribution in [0.3, 0.4) is 0 Å². The summed E-state index contributed by atoms with van der Waals surface area (Å²) in [6.07, 6.45) is 2.62. The number of ether oxygens (including phenoxy) is 2. The van der Waals surface area contributed by atoms with Crippen LogP contribution in [0.1, 0.15) is 30.5 Å². The summed E-state index contributed by atoms with van der Waals surface area (Å²) in [7, 11) is 1.32. The Kier molecular flexibility index (Phi) is 6.93. The van der Waals surface area contributed by atoms with E-state index in [1.165, 1.54) is 12.7 Å². The lowest BCUT2D eigenvalue weighted by Crippen LogP contribution is -2.24. The van der Waals surface area contributed by atoms with Gasteiger partial charge in [-0.25, -0.2) is 4.79 Å². The van der Waals surface area contributed by atoms with Crippen LogP contribution in [-0.4, -0.2) is 19.0 Å². The molecule has 1 amide bonds. The van der Waals surface area contributed by atoms with Crippen LogP contribution in [0.5, 0.6) is 5.75 Å². The van der Waals surface area contributed by atoms with Gasteiger partial charge in [0.1, 0.15) is 12.4 Å². The Morgan fingerprint density at radius 3 is 2.35 bits per heavy atom.